The van der Waals surface area contributed by atoms with E-state index in [2.05, 4.69) is 10.6 Å². The summed E-state index contributed by atoms with van der Waals surface area (Å²) in [4.78, 5) is 25.3. The summed E-state index contributed by atoms with van der Waals surface area (Å²) in [6.07, 6.45) is 2.40. The van der Waals surface area contributed by atoms with Gasteiger partial charge in [-0.1, -0.05) is 0 Å². The molecule has 1 heterocycles. The first-order valence-corrected chi connectivity index (χ1v) is 6.95. The number of hydrogen-bond acceptors (Lipinski definition) is 3. The SMILES string of the molecule is CCN(CC)C(=O)CCNC(=O)[C@H]1CCCNC1. The molecule has 0 radical (unpaired) electrons. The molecular formula is C13H25N3O2. The van der Waals surface area contributed by atoms with Crippen molar-refractivity contribution in [2.45, 2.75) is 33.1 Å². The summed E-state index contributed by atoms with van der Waals surface area (Å²) in [5.41, 5.74) is 0. The van der Waals surface area contributed by atoms with E-state index in [4.69, 9.17) is 0 Å². The molecule has 1 aliphatic rings. The normalized spacial score (nSPS) is 19.3. The quantitative estimate of drug-likeness (QED) is 0.720. The minimum atomic E-state index is 0.0716. The van der Waals surface area contributed by atoms with E-state index in [0.29, 0.717) is 13.0 Å². The summed E-state index contributed by atoms with van der Waals surface area (Å²) in [6.45, 7) is 7.61. The number of carbonyl (C=O) groups excluding carboxylic acids is 2. The number of piperidine rings is 1. The molecule has 0 aromatic heterocycles. The minimum Gasteiger partial charge on any atom is -0.355 e. The molecule has 1 rings (SSSR count). The highest BCUT2D eigenvalue weighted by Crippen LogP contribution is 2.09. The van der Waals surface area contributed by atoms with Gasteiger partial charge in [-0.25, -0.2) is 0 Å². The van der Waals surface area contributed by atoms with Gasteiger partial charge in [0.05, 0.1) is 5.92 Å². The number of carbonyl (C=O) groups is 2. The lowest BCUT2D eigenvalue weighted by molar-refractivity contribution is -0.131. The predicted molar refractivity (Wildman–Crippen MR) is 71.1 cm³/mol. The van der Waals surface area contributed by atoms with Gasteiger partial charge in [-0.05, 0) is 33.2 Å². The van der Waals surface area contributed by atoms with Crippen LogP contribution in [0.1, 0.15) is 33.1 Å². The molecular weight excluding hydrogens is 230 g/mol. The van der Waals surface area contributed by atoms with Crippen molar-refractivity contribution in [1.29, 1.82) is 0 Å². The Kier molecular flexibility index (Phi) is 6.72. The summed E-state index contributed by atoms with van der Waals surface area (Å²) < 4.78 is 0. The highest BCUT2D eigenvalue weighted by Gasteiger charge is 2.20. The van der Waals surface area contributed by atoms with E-state index in [9.17, 15) is 9.59 Å². The molecule has 1 saturated heterocycles. The van der Waals surface area contributed by atoms with Gasteiger partial charge in [-0.3, -0.25) is 9.59 Å². The predicted octanol–water partition coefficient (Wildman–Crippen LogP) is 0.361. The van der Waals surface area contributed by atoms with E-state index in [-0.39, 0.29) is 17.7 Å². The van der Waals surface area contributed by atoms with Crippen LogP contribution in [0.4, 0.5) is 0 Å². The van der Waals surface area contributed by atoms with Crippen LogP contribution in [0.3, 0.4) is 0 Å². The molecule has 0 saturated carbocycles. The van der Waals surface area contributed by atoms with Crippen LogP contribution in [0.5, 0.6) is 0 Å². The second kappa shape index (κ2) is 8.08. The topological polar surface area (TPSA) is 61.4 Å². The summed E-state index contributed by atoms with van der Waals surface area (Å²) in [6, 6.07) is 0. The van der Waals surface area contributed by atoms with Crippen LogP contribution in [-0.2, 0) is 9.59 Å². The Hall–Kier alpha value is -1.10. The van der Waals surface area contributed by atoms with Crippen molar-refractivity contribution in [3.05, 3.63) is 0 Å². The monoisotopic (exact) mass is 255 g/mol. The van der Waals surface area contributed by atoms with Gasteiger partial charge in [0.2, 0.25) is 11.8 Å². The van der Waals surface area contributed by atoms with E-state index in [1.807, 2.05) is 13.8 Å². The van der Waals surface area contributed by atoms with Gasteiger partial charge >= 0.3 is 0 Å². The van der Waals surface area contributed by atoms with Crippen LogP contribution in [0.2, 0.25) is 0 Å². The summed E-state index contributed by atoms with van der Waals surface area (Å²) >= 11 is 0. The highest BCUT2D eigenvalue weighted by atomic mass is 16.2. The summed E-state index contributed by atoms with van der Waals surface area (Å²) in [5, 5.41) is 6.08. The maximum Gasteiger partial charge on any atom is 0.224 e. The Labute approximate surface area is 109 Å². The number of nitrogens with zero attached hydrogens (tertiary/aromatic N) is 1. The Morgan fingerprint density at radius 2 is 2.06 bits per heavy atom. The average molecular weight is 255 g/mol. The molecule has 104 valence electrons. The Bertz CT molecular complexity index is 271. The first kappa shape index (κ1) is 15.0. The third-order valence-electron chi connectivity index (χ3n) is 3.42. The molecule has 0 aliphatic carbocycles. The third-order valence-corrected chi connectivity index (χ3v) is 3.42. The lowest BCUT2D eigenvalue weighted by Gasteiger charge is -2.22. The highest BCUT2D eigenvalue weighted by molar-refractivity contribution is 5.80. The molecule has 0 spiro atoms. The Morgan fingerprint density at radius 3 is 2.61 bits per heavy atom. The first-order chi connectivity index (χ1) is 8.69. The van der Waals surface area contributed by atoms with Gasteiger partial charge < -0.3 is 15.5 Å². The molecule has 0 aromatic carbocycles. The van der Waals surface area contributed by atoms with Gasteiger partial charge in [-0.2, -0.15) is 0 Å². The van der Waals surface area contributed by atoms with E-state index in [1.54, 1.807) is 4.90 Å². The van der Waals surface area contributed by atoms with Gasteiger partial charge in [-0.15, -0.1) is 0 Å². The molecule has 1 fully saturated rings. The zero-order valence-corrected chi connectivity index (χ0v) is 11.5. The fourth-order valence-corrected chi connectivity index (χ4v) is 2.25. The van der Waals surface area contributed by atoms with Gasteiger partial charge in [0.1, 0.15) is 0 Å². The fraction of sp³-hybridized carbons (Fsp3) is 0.846. The van der Waals surface area contributed by atoms with E-state index < -0.39 is 0 Å². The zero-order chi connectivity index (χ0) is 13.4. The largest absolute Gasteiger partial charge is 0.355 e. The molecule has 0 unspecified atom stereocenters. The second-order valence-electron chi connectivity index (χ2n) is 4.65. The van der Waals surface area contributed by atoms with Crippen molar-refractivity contribution in [1.82, 2.24) is 15.5 Å². The number of hydrogen-bond donors (Lipinski definition) is 2. The molecule has 0 aromatic rings. The van der Waals surface area contributed by atoms with Crippen molar-refractivity contribution in [2.75, 3.05) is 32.7 Å². The number of nitrogens with one attached hydrogen (secondary N) is 2. The van der Waals surface area contributed by atoms with Crippen LogP contribution >= 0.6 is 0 Å². The Balaban J connectivity index is 2.20. The minimum absolute atomic E-state index is 0.0716. The van der Waals surface area contributed by atoms with Crippen LogP contribution in [-0.4, -0.2) is 49.4 Å². The molecule has 1 aliphatic heterocycles. The van der Waals surface area contributed by atoms with E-state index >= 15 is 0 Å². The van der Waals surface area contributed by atoms with Crippen molar-refractivity contribution < 1.29 is 9.59 Å². The summed E-state index contributed by atoms with van der Waals surface area (Å²) in [5.74, 6) is 0.263. The third kappa shape index (κ3) is 4.64. The molecule has 5 nitrogen and oxygen atoms in total. The van der Waals surface area contributed by atoms with Gasteiger partial charge in [0.25, 0.3) is 0 Å². The molecule has 0 bridgehead atoms. The maximum absolute atomic E-state index is 11.8. The smallest absolute Gasteiger partial charge is 0.224 e. The van der Waals surface area contributed by atoms with Crippen molar-refractivity contribution in [3.8, 4) is 0 Å². The van der Waals surface area contributed by atoms with Crippen LogP contribution in [0, 0.1) is 5.92 Å². The number of rotatable bonds is 6. The average Bonchev–Trinajstić information content (AvgIpc) is 2.41. The molecule has 5 heteroatoms. The fourth-order valence-electron chi connectivity index (χ4n) is 2.25. The van der Waals surface area contributed by atoms with Gasteiger partial charge in [0, 0.05) is 32.6 Å². The van der Waals surface area contributed by atoms with E-state index in [1.165, 1.54) is 0 Å². The van der Waals surface area contributed by atoms with Crippen LogP contribution in [0.25, 0.3) is 0 Å². The second-order valence-corrected chi connectivity index (χ2v) is 4.65. The molecule has 2 N–H and O–H groups in total. The molecule has 18 heavy (non-hydrogen) atoms. The lowest BCUT2D eigenvalue weighted by Crippen LogP contribution is -2.41. The van der Waals surface area contributed by atoms with Gasteiger partial charge in [0.15, 0.2) is 0 Å². The van der Waals surface area contributed by atoms with Crippen LogP contribution < -0.4 is 10.6 Å². The Morgan fingerprint density at radius 1 is 1.33 bits per heavy atom. The first-order valence-electron chi connectivity index (χ1n) is 6.95. The van der Waals surface area contributed by atoms with Crippen LogP contribution in [0.15, 0.2) is 0 Å². The molecule has 1 atom stereocenters. The van der Waals surface area contributed by atoms with Crippen molar-refractivity contribution in [2.24, 2.45) is 5.92 Å². The molecule has 2 amide bonds. The zero-order valence-electron chi connectivity index (χ0n) is 11.5. The van der Waals surface area contributed by atoms with Crippen molar-refractivity contribution in [3.63, 3.8) is 0 Å². The maximum atomic E-state index is 11.8. The summed E-state index contributed by atoms with van der Waals surface area (Å²) in [7, 11) is 0. The lowest BCUT2D eigenvalue weighted by atomic mass is 9.99. The van der Waals surface area contributed by atoms with E-state index in [0.717, 1.165) is 39.0 Å². The standard InChI is InChI=1S/C13H25N3O2/c1-3-16(4-2)12(17)7-9-15-13(18)11-6-5-8-14-10-11/h11,14H,3-10H2,1-2H3,(H,15,18)/t11-/m0/s1. The van der Waals surface area contributed by atoms with Crippen molar-refractivity contribution >= 4 is 11.8 Å². The number of amides is 2.